The molecule has 6 nitrogen and oxygen atoms in total. The molecule has 1 aromatic rings. The highest BCUT2D eigenvalue weighted by atomic mass is 16.2. The van der Waals surface area contributed by atoms with E-state index in [-0.39, 0.29) is 17.9 Å². The van der Waals surface area contributed by atoms with Crippen LogP contribution in [-0.2, 0) is 11.3 Å². The summed E-state index contributed by atoms with van der Waals surface area (Å²) in [5, 5.41) is 3.37. The van der Waals surface area contributed by atoms with Gasteiger partial charge in [0.1, 0.15) is 0 Å². The molecule has 0 aromatic heterocycles. The molecule has 2 fully saturated rings. The van der Waals surface area contributed by atoms with E-state index in [2.05, 4.69) is 12.2 Å². The van der Waals surface area contributed by atoms with Crippen LogP contribution in [0.2, 0.25) is 0 Å². The molecular weight excluding hydrogens is 328 g/mol. The Morgan fingerprint density at radius 2 is 1.81 bits per heavy atom. The Bertz CT molecular complexity index is 613. The summed E-state index contributed by atoms with van der Waals surface area (Å²) < 4.78 is 0. The maximum absolute atomic E-state index is 12.7. The summed E-state index contributed by atoms with van der Waals surface area (Å²) in [7, 11) is 1.84. The Balaban J connectivity index is 1.48. The molecule has 26 heavy (non-hydrogen) atoms. The summed E-state index contributed by atoms with van der Waals surface area (Å²) >= 11 is 0. The Hall–Kier alpha value is -2.08. The van der Waals surface area contributed by atoms with Gasteiger partial charge >= 0.3 is 6.03 Å². The molecule has 0 radical (unpaired) electrons. The van der Waals surface area contributed by atoms with Gasteiger partial charge in [-0.2, -0.15) is 0 Å². The Morgan fingerprint density at radius 1 is 1.12 bits per heavy atom. The van der Waals surface area contributed by atoms with Crippen LogP contribution < -0.4 is 5.32 Å². The summed E-state index contributed by atoms with van der Waals surface area (Å²) in [6, 6.07) is 10.4. The molecule has 0 bridgehead atoms. The molecule has 2 saturated heterocycles. The average molecular weight is 358 g/mol. The van der Waals surface area contributed by atoms with Crippen LogP contribution in [0, 0.1) is 5.92 Å². The molecule has 0 spiro atoms. The smallest absolute Gasteiger partial charge is 0.320 e. The first-order valence-corrected chi connectivity index (χ1v) is 9.60. The fourth-order valence-corrected chi connectivity index (χ4v) is 3.87. The minimum Gasteiger partial charge on any atom is -0.340 e. The van der Waals surface area contributed by atoms with Crippen molar-refractivity contribution in [3.63, 3.8) is 0 Å². The van der Waals surface area contributed by atoms with E-state index in [9.17, 15) is 9.59 Å². The third kappa shape index (κ3) is 4.55. The van der Waals surface area contributed by atoms with Crippen LogP contribution >= 0.6 is 0 Å². The van der Waals surface area contributed by atoms with Crippen LogP contribution in [-0.4, -0.2) is 72.5 Å². The third-order valence-corrected chi connectivity index (χ3v) is 5.38. The molecule has 3 rings (SSSR count). The van der Waals surface area contributed by atoms with Gasteiger partial charge in [-0.05, 0) is 25.3 Å². The Morgan fingerprint density at radius 3 is 2.46 bits per heavy atom. The van der Waals surface area contributed by atoms with Gasteiger partial charge in [0.2, 0.25) is 5.91 Å². The topological polar surface area (TPSA) is 55.9 Å². The second kappa shape index (κ2) is 8.54. The lowest BCUT2D eigenvalue weighted by atomic mass is 9.95. The zero-order chi connectivity index (χ0) is 18.5. The zero-order valence-corrected chi connectivity index (χ0v) is 15.9. The van der Waals surface area contributed by atoms with Crippen LogP contribution in [0.5, 0.6) is 0 Å². The number of nitrogens with zero attached hydrogens (tertiary/aromatic N) is 3. The molecule has 2 aliphatic heterocycles. The standard InChI is InChI=1S/C20H30N4O2/c1-16-14-24(13-10-21-16)19(25)18-8-11-23(12-9-18)20(26)22(2)15-17-6-4-3-5-7-17/h3-7,16,18,21H,8-15H2,1-2H3. The largest absolute Gasteiger partial charge is 0.340 e. The van der Waals surface area contributed by atoms with Crippen molar-refractivity contribution >= 4 is 11.9 Å². The number of carbonyl (C=O) groups excluding carboxylic acids is 2. The van der Waals surface area contributed by atoms with E-state index in [1.165, 1.54) is 0 Å². The molecule has 142 valence electrons. The monoisotopic (exact) mass is 358 g/mol. The lowest BCUT2D eigenvalue weighted by molar-refractivity contribution is -0.138. The lowest BCUT2D eigenvalue weighted by Gasteiger charge is -2.38. The maximum atomic E-state index is 12.7. The van der Waals surface area contributed by atoms with Crippen molar-refractivity contribution in [2.24, 2.45) is 5.92 Å². The van der Waals surface area contributed by atoms with Gasteiger partial charge in [-0.3, -0.25) is 4.79 Å². The predicted octanol–water partition coefficient (Wildman–Crippen LogP) is 1.77. The van der Waals surface area contributed by atoms with Crippen molar-refractivity contribution in [2.45, 2.75) is 32.4 Å². The molecule has 0 saturated carbocycles. The molecular formula is C20H30N4O2. The summed E-state index contributed by atoms with van der Waals surface area (Å²) in [6.45, 7) is 6.50. The second-order valence-electron chi connectivity index (χ2n) is 7.52. The SMILES string of the molecule is CC1CN(C(=O)C2CCN(C(=O)N(C)Cc3ccccc3)CC2)CCN1. The van der Waals surface area contributed by atoms with Crippen molar-refractivity contribution in [1.82, 2.24) is 20.0 Å². The van der Waals surface area contributed by atoms with Crippen molar-refractivity contribution in [3.8, 4) is 0 Å². The first-order valence-electron chi connectivity index (χ1n) is 9.60. The second-order valence-corrected chi connectivity index (χ2v) is 7.52. The van der Waals surface area contributed by atoms with E-state index in [4.69, 9.17) is 0 Å². The number of urea groups is 1. The quantitative estimate of drug-likeness (QED) is 0.896. The summed E-state index contributed by atoms with van der Waals surface area (Å²) in [5.41, 5.74) is 1.13. The van der Waals surface area contributed by atoms with Crippen molar-refractivity contribution in [1.29, 1.82) is 0 Å². The van der Waals surface area contributed by atoms with Crippen LogP contribution in [0.3, 0.4) is 0 Å². The van der Waals surface area contributed by atoms with Crippen LogP contribution in [0.15, 0.2) is 30.3 Å². The van der Waals surface area contributed by atoms with E-state index in [0.29, 0.717) is 25.7 Å². The molecule has 1 atom stereocenters. The number of carbonyl (C=O) groups is 2. The van der Waals surface area contributed by atoms with E-state index in [0.717, 1.165) is 38.0 Å². The minimum absolute atomic E-state index is 0.0514. The number of likely N-dealkylation sites (tertiary alicyclic amines) is 1. The molecule has 2 heterocycles. The highest BCUT2D eigenvalue weighted by Gasteiger charge is 2.32. The summed E-state index contributed by atoms with van der Waals surface area (Å²) in [4.78, 5) is 31.0. The number of hydrogen-bond acceptors (Lipinski definition) is 3. The van der Waals surface area contributed by atoms with Gasteiger partial charge in [-0.25, -0.2) is 4.79 Å². The molecule has 2 aliphatic rings. The zero-order valence-electron chi connectivity index (χ0n) is 15.9. The lowest BCUT2D eigenvalue weighted by Crippen LogP contribution is -2.54. The normalized spacial score (nSPS) is 21.5. The van der Waals surface area contributed by atoms with Gasteiger partial charge < -0.3 is 20.0 Å². The first-order chi connectivity index (χ1) is 12.5. The van der Waals surface area contributed by atoms with Crippen molar-refractivity contribution in [2.75, 3.05) is 39.8 Å². The van der Waals surface area contributed by atoms with Gasteiger partial charge in [0.15, 0.2) is 0 Å². The number of hydrogen-bond donors (Lipinski definition) is 1. The molecule has 1 N–H and O–H groups in total. The van der Waals surface area contributed by atoms with Crippen LogP contribution in [0.1, 0.15) is 25.3 Å². The number of nitrogens with one attached hydrogen (secondary N) is 1. The highest BCUT2D eigenvalue weighted by molar-refractivity contribution is 5.80. The summed E-state index contributed by atoms with van der Waals surface area (Å²) in [5.74, 6) is 0.326. The van der Waals surface area contributed by atoms with E-state index in [1.807, 2.05) is 47.2 Å². The third-order valence-electron chi connectivity index (χ3n) is 5.38. The molecule has 6 heteroatoms. The number of piperidine rings is 1. The van der Waals surface area contributed by atoms with E-state index in [1.54, 1.807) is 4.90 Å². The van der Waals surface area contributed by atoms with Gasteiger partial charge in [-0.1, -0.05) is 30.3 Å². The van der Waals surface area contributed by atoms with Gasteiger partial charge in [-0.15, -0.1) is 0 Å². The highest BCUT2D eigenvalue weighted by Crippen LogP contribution is 2.21. The van der Waals surface area contributed by atoms with Crippen molar-refractivity contribution < 1.29 is 9.59 Å². The average Bonchev–Trinajstić information content (AvgIpc) is 2.67. The number of piperazine rings is 1. The van der Waals surface area contributed by atoms with Crippen molar-refractivity contribution in [3.05, 3.63) is 35.9 Å². The molecule has 1 unspecified atom stereocenters. The van der Waals surface area contributed by atoms with Gasteiger partial charge in [0.25, 0.3) is 0 Å². The Labute approximate surface area is 156 Å². The minimum atomic E-state index is 0.0514. The fraction of sp³-hybridized carbons (Fsp3) is 0.600. The van der Waals surface area contributed by atoms with Crippen LogP contribution in [0.25, 0.3) is 0 Å². The summed E-state index contributed by atoms with van der Waals surface area (Å²) in [6.07, 6.45) is 1.53. The fourth-order valence-electron chi connectivity index (χ4n) is 3.87. The number of benzene rings is 1. The molecule has 0 aliphatic carbocycles. The Kier molecular flexibility index (Phi) is 6.14. The number of rotatable bonds is 3. The van der Waals surface area contributed by atoms with Crippen LogP contribution in [0.4, 0.5) is 4.79 Å². The van der Waals surface area contributed by atoms with Gasteiger partial charge in [0, 0.05) is 58.3 Å². The van der Waals surface area contributed by atoms with E-state index >= 15 is 0 Å². The molecule has 3 amide bonds. The maximum Gasteiger partial charge on any atom is 0.320 e. The predicted molar refractivity (Wildman–Crippen MR) is 102 cm³/mol. The first kappa shape index (κ1) is 18.7. The van der Waals surface area contributed by atoms with E-state index < -0.39 is 0 Å². The molecule has 1 aromatic carbocycles. The van der Waals surface area contributed by atoms with Gasteiger partial charge in [0.05, 0.1) is 0 Å². The number of amides is 3.